The number of aromatic nitrogens is 2. The number of nitrogen functional groups attached to an aromatic ring is 1. The van der Waals surface area contributed by atoms with Gasteiger partial charge >= 0.3 is 0 Å². The summed E-state index contributed by atoms with van der Waals surface area (Å²) in [6, 6.07) is 0. The molecule has 3 N–H and O–H groups in total. The van der Waals surface area contributed by atoms with Crippen LogP contribution in [0.15, 0.2) is 0 Å². The summed E-state index contributed by atoms with van der Waals surface area (Å²) in [5, 5.41) is 3.34. The molecule has 1 heterocycles. The van der Waals surface area contributed by atoms with Crippen LogP contribution in [0.2, 0.25) is 0 Å². The summed E-state index contributed by atoms with van der Waals surface area (Å²) in [7, 11) is 0. The van der Waals surface area contributed by atoms with E-state index < -0.39 is 0 Å². The van der Waals surface area contributed by atoms with Crippen molar-refractivity contribution in [1.29, 1.82) is 0 Å². The van der Waals surface area contributed by atoms with Crippen molar-refractivity contribution < 1.29 is 4.74 Å². The Labute approximate surface area is 122 Å². The van der Waals surface area contributed by atoms with E-state index in [2.05, 4.69) is 36.1 Å². The van der Waals surface area contributed by atoms with Gasteiger partial charge in [0.2, 0.25) is 0 Å². The van der Waals surface area contributed by atoms with E-state index in [-0.39, 0.29) is 11.0 Å². The van der Waals surface area contributed by atoms with Crippen LogP contribution in [0.1, 0.15) is 52.9 Å². The molecule has 0 aliphatic carbocycles. The van der Waals surface area contributed by atoms with Crippen molar-refractivity contribution in [2.45, 2.75) is 59.5 Å². The molecule has 1 rings (SSSR count). The zero-order chi connectivity index (χ0) is 15.6. The minimum absolute atomic E-state index is 0.131. The SMILES string of the molecule is CCOC(C)(C)CNc1nc(C(C)(C)C)nc(N)c1C. The van der Waals surface area contributed by atoms with Crippen LogP contribution >= 0.6 is 0 Å². The summed E-state index contributed by atoms with van der Waals surface area (Å²) in [5.41, 5.74) is 6.50. The van der Waals surface area contributed by atoms with Crippen LogP contribution in [0, 0.1) is 6.92 Å². The number of ether oxygens (including phenoxy) is 1. The van der Waals surface area contributed by atoms with Crippen LogP contribution in [0.25, 0.3) is 0 Å². The van der Waals surface area contributed by atoms with Gasteiger partial charge in [0.25, 0.3) is 0 Å². The smallest absolute Gasteiger partial charge is 0.138 e. The van der Waals surface area contributed by atoms with Gasteiger partial charge in [-0.05, 0) is 27.7 Å². The number of hydrogen-bond acceptors (Lipinski definition) is 5. The molecule has 114 valence electrons. The average molecular weight is 280 g/mol. The Kier molecular flexibility index (Phi) is 4.97. The first-order valence-corrected chi connectivity index (χ1v) is 7.09. The van der Waals surface area contributed by atoms with Crippen LogP contribution in [-0.4, -0.2) is 28.7 Å². The van der Waals surface area contributed by atoms with E-state index in [1.165, 1.54) is 0 Å². The highest BCUT2D eigenvalue weighted by Crippen LogP contribution is 2.25. The van der Waals surface area contributed by atoms with Gasteiger partial charge in [0, 0.05) is 24.1 Å². The Balaban J connectivity index is 2.98. The molecule has 0 aromatic carbocycles. The molecule has 5 heteroatoms. The quantitative estimate of drug-likeness (QED) is 0.867. The van der Waals surface area contributed by atoms with Gasteiger partial charge in [-0.2, -0.15) is 0 Å². The third-order valence-electron chi connectivity index (χ3n) is 3.07. The highest BCUT2D eigenvalue weighted by molar-refractivity contribution is 5.55. The van der Waals surface area contributed by atoms with Crippen LogP contribution in [0.3, 0.4) is 0 Å². The molecular formula is C15H28N4O. The van der Waals surface area contributed by atoms with E-state index >= 15 is 0 Å². The number of nitrogens with zero attached hydrogens (tertiary/aromatic N) is 2. The topological polar surface area (TPSA) is 73.1 Å². The van der Waals surface area contributed by atoms with Gasteiger partial charge in [0.15, 0.2) is 0 Å². The van der Waals surface area contributed by atoms with E-state index in [1.807, 2.05) is 27.7 Å². The summed E-state index contributed by atoms with van der Waals surface area (Å²) < 4.78 is 5.68. The molecule has 20 heavy (non-hydrogen) atoms. The Morgan fingerprint density at radius 2 is 1.75 bits per heavy atom. The highest BCUT2D eigenvalue weighted by Gasteiger charge is 2.22. The van der Waals surface area contributed by atoms with Crippen LogP contribution in [-0.2, 0) is 10.2 Å². The van der Waals surface area contributed by atoms with Gasteiger partial charge in [0.1, 0.15) is 17.5 Å². The molecule has 5 nitrogen and oxygen atoms in total. The zero-order valence-electron chi connectivity index (χ0n) is 13.8. The van der Waals surface area contributed by atoms with E-state index in [0.29, 0.717) is 19.0 Å². The molecule has 0 radical (unpaired) electrons. The van der Waals surface area contributed by atoms with Crippen LogP contribution in [0.4, 0.5) is 11.6 Å². The maximum atomic E-state index is 5.99. The van der Waals surface area contributed by atoms with Crippen molar-refractivity contribution in [2.75, 3.05) is 24.2 Å². The van der Waals surface area contributed by atoms with Gasteiger partial charge in [-0.15, -0.1) is 0 Å². The predicted molar refractivity (Wildman–Crippen MR) is 84.1 cm³/mol. The molecule has 0 fully saturated rings. The Hall–Kier alpha value is -1.36. The second kappa shape index (κ2) is 5.95. The lowest BCUT2D eigenvalue weighted by Crippen LogP contribution is -2.34. The standard InChI is InChI=1S/C15H28N4O/c1-8-20-15(6,7)9-17-12-10(2)11(16)18-13(19-12)14(3,4)5/h8-9H2,1-7H3,(H3,16,17,18,19). The number of nitrogens with two attached hydrogens (primary N) is 1. The monoisotopic (exact) mass is 280 g/mol. The summed E-state index contributed by atoms with van der Waals surface area (Å²) in [6.45, 7) is 15.6. The molecule has 0 saturated carbocycles. The Morgan fingerprint density at radius 3 is 2.25 bits per heavy atom. The zero-order valence-corrected chi connectivity index (χ0v) is 13.8. The first-order chi connectivity index (χ1) is 9.07. The minimum Gasteiger partial charge on any atom is -0.383 e. The molecule has 0 aliphatic rings. The average Bonchev–Trinajstić information content (AvgIpc) is 2.29. The number of rotatable bonds is 5. The lowest BCUT2D eigenvalue weighted by atomic mass is 9.95. The van der Waals surface area contributed by atoms with Crippen molar-refractivity contribution in [1.82, 2.24) is 9.97 Å². The summed E-state index contributed by atoms with van der Waals surface area (Å²) in [6.07, 6.45) is 0. The molecule has 0 spiro atoms. The van der Waals surface area contributed by atoms with Gasteiger partial charge in [-0.3, -0.25) is 0 Å². The van der Waals surface area contributed by atoms with Crippen molar-refractivity contribution in [3.8, 4) is 0 Å². The predicted octanol–water partition coefficient (Wildman–Crippen LogP) is 2.89. The molecule has 0 bridgehead atoms. The fourth-order valence-electron chi connectivity index (χ4n) is 1.78. The summed E-state index contributed by atoms with van der Waals surface area (Å²) in [4.78, 5) is 8.99. The lowest BCUT2D eigenvalue weighted by molar-refractivity contribution is 0.000631. The van der Waals surface area contributed by atoms with E-state index in [1.54, 1.807) is 0 Å². The third kappa shape index (κ3) is 4.34. The minimum atomic E-state index is -0.247. The van der Waals surface area contributed by atoms with Crippen LogP contribution < -0.4 is 11.1 Å². The molecule has 1 aromatic rings. The second-order valence-electron chi connectivity index (χ2n) is 6.70. The second-order valence-corrected chi connectivity index (χ2v) is 6.70. The fraction of sp³-hybridized carbons (Fsp3) is 0.733. The Bertz CT molecular complexity index is 464. The normalized spacial score (nSPS) is 12.6. The summed E-state index contributed by atoms with van der Waals surface area (Å²) in [5.74, 6) is 2.06. The molecule has 0 saturated heterocycles. The van der Waals surface area contributed by atoms with Crippen molar-refractivity contribution in [2.24, 2.45) is 0 Å². The first-order valence-electron chi connectivity index (χ1n) is 7.09. The van der Waals surface area contributed by atoms with E-state index in [0.717, 1.165) is 17.2 Å². The van der Waals surface area contributed by atoms with Crippen molar-refractivity contribution in [3.05, 3.63) is 11.4 Å². The van der Waals surface area contributed by atoms with Crippen molar-refractivity contribution >= 4 is 11.6 Å². The highest BCUT2D eigenvalue weighted by atomic mass is 16.5. The van der Waals surface area contributed by atoms with Gasteiger partial charge in [0.05, 0.1) is 5.60 Å². The molecule has 1 aromatic heterocycles. The van der Waals surface area contributed by atoms with E-state index in [4.69, 9.17) is 10.5 Å². The third-order valence-corrected chi connectivity index (χ3v) is 3.07. The van der Waals surface area contributed by atoms with E-state index in [9.17, 15) is 0 Å². The maximum Gasteiger partial charge on any atom is 0.138 e. The molecule has 0 aliphatic heterocycles. The molecule has 0 atom stereocenters. The maximum absolute atomic E-state index is 5.99. The van der Waals surface area contributed by atoms with Gasteiger partial charge in [-0.25, -0.2) is 9.97 Å². The summed E-state index contributed by atoms with van der Waals surface area (Å²) >= 11 is 0. The van der Waals surface area contributed by atoms with Gasteiger partial charge in [-0.1, -0.05) is 20.8 Å². The van der Waals surface area contributed by atoms with Crippen molar-refractivity contribution in [3.63, 3.8) is 0 Å². The lowest BCUT2D eigenvalue weighted by Gasteiger charge is -2.26. The Morgan fingerprint density at radius 1 is 1.15 bits per heavy atom. The number of anilines is 2. The molecular weight excluding hydrogens is 252 g/mol. The fourth-order valence-corrected chi connectivity index (χ4v) is 1.78. The molecule has 0 amide bonds. The first kappa shape index (κ1) is 16.7. The largest absolute Gasteiger partial charge is 0.383 e. The van der Waals surface area contributed by atoms with Crippen LogP contribution in [0.5, 0.6) is 0 Å². The van der Waals surface area contributed by atoms with Gasteiger partial charge < -0.3 is 15.8 Å². The number of hydrogen-bond donors (Lipinski definition) is 2. The molecule has 0 unspecified atom stereocenters. The number of nitrogens with one attached hydrogen (secondary N) is 1.